The molecule has 0 saturated heterocycles. The Morgan fingerprint density at radius 1 is 0.705 bits per heavy atom. The number of nitrogens with zero attached hydrogens (tertiary/aromatic N) is 3. The summed E-state index contributed by atoms with van der Waals surface area (Å²) in [6.45, 7) is -4.31. The van der Waals surface area contributed by atoms with Gasteiger partial charge in [0.25, 0.3) is 0 Å². The fourth-order valence-electron chi connectivity index (χ4n) is 4.17. The number of ether oxygens (including phenoxy) is 1. The molecule has 0 heterocycles. The summed E-state index contributed by atoms with van der Waals surface area (Å²) in [5.74, 6) is -7.17. The van der Waals surface area contributed by atoms with E-state index in [0.29, 0.717) is 26.0 Å². The first-order valence-corrected chi connectivity index (χ1v) is 14.4. The molecule has 1 atom stereocenters. The summed E-state index contributed by atoms with van der Waals surface area (Å²) in [4.78, 5) is 60.0. The smallest absolute Gasteiger partial charge is 0.155 e. The average Bonchev–Trinajstić information content (AvgIpc) is 2.89. The molecule has 0 bridgehead atoms. The van der Waals surface area contributed by atoms with Crippen molar-refractivity contribution in [1.82, 2.24) is 14.7 Å². The number of aliphatic carboxylic acids is 5. The minimum atomic E-state index is -1.59. The lowest BCUT2D eigenvalue weighted by Crippen LogP contribution is -2.55. The van der Waals surface area contributed by atoms with Crippen LogP contribution in [0, 0.1) is 0 Å². The monoisotopic (exact) mass is 742 g/mol. The summed E-state index contributed by atoms with van der Waals surface area (Å²) >= 11 is 6.77. The normalized spacial score (nSPS) is 11.9. The number of phenolic OH excluding ortho intramolecular Hbond substituents is 1. The molecule has 2 rings (SSSR count). The SMILES string of the molecule is O=C([O-])CN(CCN(CCN(CC(=O)[O-])CC(=O)[O-])[C@@H](Cc1cc(Br)c(Oc2ccc(O)cc2)c(Br)c1)C(=O)[O-])CC(=O)[O-]. The molecule has 0 amide bonds. The molecule has 240 valence electrons. The van der Waals surface area contributed by atoms with Gasteiger partial charge in [0.05, 0.1) is 44.8 Å². The van der Waals surface area contributed by atoms with E-state index >= 15 is 0 Å². The zero-order valence-corrected chi connectivity index (χ0v) is 26.1. The molecule has 15 nitrogen and oxygen atoms in total. The van der Waals surface area contributed by atoms with Gasteiger partial charge in [-0.05, 0) is 80.2 Å². The fourth-order valence-corrected chi connectivity index (χ4v) is 5.61. The second kappa shape index (κ2) is 17.5. The Kier molecular flexibility index (Phi) is 14.5. The van der Waals surface area contributed by atoms with Crippen LogP contribution in [-0.4, -0.2) is 108 Å². The molecule has 1 N–H and O–H groups in total. The third kappa shape index (κ3) is 12.8. The minimum Gasteiger partial charge on any atom is -0.549 e. The maximum Gasteiger partial charge on any atom is 0.155 e. The van der Waals surface area contributed by atoms with Gasteiger partial charge in [0.15, 0.2) is 5.75 Å². The van der Waals surface area contributed by atoms with Crippen LogP contribution in [-0.2, 0) is 30.4 Å². The largest absolute Gasteiger partial charge is 0.549 e. The predicted molar refractivity (Wildman–Crippen MR) is 147 cm³/mol. The number of hydrogen-bond acceptors (Lipinski definition) is 15. The maximum atomic E-state index is 12.4. The Hall–Kier alpha value is -3.77. The molecule has 0 aromatic heterocycles. The van der Waals surface area contributed by atoms with Gasteiger partial charge < -0.3 is 59.3 Å². The number of phenols is 1. The lowest BCUT2D eigenvalue weighted by molar-refractivity contribution is -0.314. The molecule has 0 spiro atoms. The lowest BCUT2D eigenvalue weighted by Gasteiger charge is -2.36. The van der Waals surface area contributed by atoms with E-state index < -0.39 is 62.1 Å². The van der Waals surface area contributed by atoms with Crippen molar-refractivity contribution in [3.63, 3.8) is 0 Å². The van der Waals surface area contributed by atoms with Gasteiger partial charge >= 0.3 is 0 Å². The summed E-state index contributed by atoms with van der Waals surface area (Å²) in [5.41, 5.74) is 0.448. The van der Waals surface area contributed by atoms with Gasteiger partial charge in [-0.3, -0.25) is 14.7 Å². The molecule has 0 unspecified atom stereocenters. The molecule has 0 fully saturated rings. The van der Waals surface area contributed by atoms with E-state index in [1.54, 1.807) is 12.1 Å². The molecule has 2 aromatic carbocycles. The van der Waals surface area contributed by atoms with Crippen LogP contribution >= 0.6 is 31.9 Å². The van der Waals surface area contributed by atoms with Crippen LogP contribution in [0.2, 0.25) is 0 Å². The summed E-state index contributed by atoms with van der Waals surface area (Å²) < 4.78 is 6.68. The summed E-state index contributed by atoms with van der Waals surface area (Å²) in [6.07, 6.45) is -0.207. The number of rotatable bonds is 20. The predicted octanol–water partition coefficient (Wildman–Crippen LogP) is -4.72. The van der Waals surface area contributed by atoms with Gasteiger partial charge in [-0.25, -0.2) is 0 Å². The topological polar surface area (TPSA) is 240 Å². The van der Waals surface area contributed by atoms with Gasteiger partial charge in [-0.2, -0.15) is 0 Å². The van der Waals surface area contributed by atoms with Crippen molar-refractivity contribution in [2.45, 2.75) is 12.5 Å². The number of halogens is 2. The van der Waals surface area contributed by atoms with Gasteiger partial charge in [0.1, 0.15) is 11.5 Å². The van der Waals surface area contributed by atoms with Crippen molar-refractivity contribution in [3.05, 3.63) is 50.9 Å². The Bertz CT molecular complexity index is 1250. The van der Waals surface area contributed by atoms with Gasteiger partial charge in [0, 0.05) is 52.4 Å². The van der Waals surface area contributed by atoms with E-state index in [0.717, 1.165) is 9.80 Å². The van der Waals surface area contributed by atoms with E-state index in [1.165, 1.54) is 29.2 Å². The molecule has 17 heteroatoms. The van der Waals surface area contributed by atoms with Crippen LogP contribution in [0.15, 0.2) is 45.3 Å². The number of carbonyl (C=O) groups excluding carboxylic acids is 5. The Labute approximate surface area is 268 Å². The Morgan fingerprint density at radius 2 is 1.11 bits per heavy atom. The Balaban J connectivity index is 2.36. The van der Waals surface area contributed by atoms with Crippen molar-refractivity contribution < 1.29 is 59.3 Å². The fraction of sp³-hybridized carbons (Fsp3) is 0.370. The lowest BCUT2D eigenvalue weighted by atomic mass is 10.0. The molecule has 44 heavy (non-hydrogen) atoms. The van der Waals surface area contributed by atoms with E-state index in [1.807, 2.05) is 0 Å². The van der Waals surface area contributed by atoms with Crippen molar-refractivity contribution in [3.8, 4) is 17.2 Å². The third-order valence-corrected chi connectivity index (χ3v) is 7.25. The molecular weight excluding hydrogens is 718 g/mol. The standard InChI is InChI=1S/C27H31Br2N3O12/c28-19-9-16(10-20(29)26(19)44-18-3-1-17(33)2-4-18)11-21(27(42)43)32(7-5-30(12-22(34)35)13-23(36)37)8-6-31(14-24(38)39)15-25(40)41/h1-4,9-10,21,33H,5-8,11-15H2,(H,34,35)(H,36,37)(H,38,39)(H,40,41)(H,42,43)/p-5/t21-/m0/s1. The summed E-state index contributed by atoms with van der Waals surface area (Å²) in [5, 5.41) is 66.3. The number of carboxylic acid groups (broad SMARTS) is 5. The number of carboxylic acids is 5. The van der Waals surface area contributed by atoms with E-state index in [9.17, 15) is 54.6 Å². The van der Waals surface area contributed by atoms with Gasteiger partial charge in [0.2, 0.25) is 0 Å². The first kappa shape index (κ1) is 36.4. The van der Waals surface area contributed by atoms with Crippen molar-refractivity contribution in [1.29, 1.82) is 0 Å². The van der Waals surface area contributed by atoms with Crippen LogP contribution < -0.4 is 30.3 Å². The van der Waals surface area contributed by atoms with Crippen LogP contribution in [0.4, 0.5) is 0 Å². The molecule has 0 saturated carbocycles. The quantitative estimate of drug-likeness (QED) is 0.134. The van der Waals surface area contributed by atoms with Crippen LogP contribution in [0.1, 0.15) is 5.56 Å². The molecule has 0 aliphatic rings. The molecule has 2 aromatic rings. The second-order valence-electron chi connectivity index (χ2n) is 9.47. The van der Waals surface area contributed by atoms with Crippen molar-refractivity contribution in [2.75, 3.05) is 52.4 Å². The number of benzene rings is 2. The molecule has 0 radical (unpaired) electrons. The zero-order valence-electron chi connectivity index (χ0n) is 22.9. The van der Waals surface area contributed by atoms with E-state index in [2.05, 4.69) is 31.9 Å². The van der Waals surface area contributed by atoms with Gasteiger partial charge in [-0.15, -0.1) is 0 Å². The summed E-state index contributed by atoms with van der Waals surface area (Å²) in [6, 6.07) is 7.62. The molecule has 0 aliphatic heterocycles. The van der Waals surface area contributed by atoms with Crippen molar-refractivity contribution >= 4 is 61.7 Å². The first-order valence-electron chi connectivity index (χ1n) is 12.8. The molecule has 0 aliphatic carbocycles. The van der Waals surface area contributed by atoms with Gasteiger partial charge in [-0.1, -0.05) is 0 Å². The van der Waals surface area contributed by atoms with Crippen LogP contribution in [0.5, 0.6) is 17.2 Å². The zero-order chi connectivity index (χ0) is 33.0. The second-order valence-corrected chi connectivity index (χ2v) is 11.2. The van der Waals surface area contributed by atoms with E-state index in [-0.39, 0.29) is 38.3 Å². The number of aromatic hydroxyl groups is 1. The Morgan fingerprint density at radius 3 is 1.48 bits per heavy atom. The number of hydrogen-bond donors (Lipinski definition) is 1. The van der Waals surface area contributed by atoms with Crippen LogP contribution in [0.25, 0.3) is 0 Å². The first-order chi connectivity index (χ1) is 20.6. The van der Waals surface area contributed by atoms with Crippen molar-refractivity contribution in [2.24, 2.45) is 0 Å². The molecular formula is C27H26Br2N3O12-5. The average molecular weight is 744 g/mol. The maximum absolute atomic E-state index is 12.4. The number of carbonyl (C=O) groups is 5. The van der Waals surface area contributed by atoms with E-state index in [4.69, 9.17) is 4.74 Å². The highest BCUT2D eigenvalue weighted by Gasteiger charge is 2.24. The third-order valence-electron chi connectivity index (χ3n) is 6.07. The van der Waals surface area contributed by atoms with Crippen LogP contribution in [0.3, 0.4) is 0 Å². The highest BCUT2D eigenvalue weighted by atomic mass is 79.9. The minimum absolute atomic E-state index is 0.0356. The highest BCUT2D eigenvalue weighted by Crippen LogP contribution is 2.38. The highest BCUT2D eigenvalue weighted by molar-refractivity contribution is 9.11. The summed E-state index contributed by atoms with van der Waals surface area (Å²) in [7, 11) is 0.